The van der Waals surface area contributed by atoms with E-state index in [1.165, 1.54) is 49.0 Å². The van der Waals surface area contributed by atoms with Gasteiger partial charge >= 0.3 is 0 Å². The van der Waals surface area contributed by atoms with Crippen LogP contribution < -0.4 is 5.32 Å². The number of nitrogens with zero attached hydrogens (tertiary/aromatic N) is 1. The highest BCUT2D eigenvalue weighted by molar-refractivity contribution is 7.14. The third kappa shape index (κ3) is 3.49. The van der Waals surface area contributed by atoms with Crippen molar-refractivity contribution in [3.05, 3.63) is 21.4 Å². The van der Waals surface area contributed by atoms with Crippen molar-refractivity contribution in [2.24, 2.45) is 0 Å². The molecule has 0 aromatic carbocycles. The predicted octanol–water partition coefficient (Wildman–Crippen LogP) is 3.23. The number of rotatable bonds is 4. The Bertz CT molecular complexity index is 467. The molecular formula is C17H26N2OS. The lowest BCUT2D eigenvalue weighted by Crippen LogP contribution is -2.45. The van der Waals surface area contributed by atoms with E-state index in [1.807, 2.05) is 4.90 Å². The summed E-state index contributed by atoms with van der Waals surface area (Å²) in [5.74, 6) is 0.240. The molecule has 0 radical (unpaired) electrons. The Kier molecular flexibility index (Phi) is 4.96. The summed E-state index contributed by atoms with van der Waals surface area (Å²) in [6.07, 6.45) is 8.65. The molecule has 0 saturated carbocycles. The Morgan fingerprint density at radius 3 is 2.90 bits per heavy atom. The first-order valence-corrected chi connectivity index (χ1v) is 9.24. The fraction of sp³-hybridized carbons (Fsp3) is 0.706. The van der Waals surface area contributed by atoms with Crippen molar-refractivity contribution in [3.8, 4) is 0 Å². The zero-order valence-corrected chi connectivity index (χ0v) is 13.8. The maximum Gasteiger partial charge on any atom is 0.263 e. The lowest BCUT2D eigenvalue weighted by atomic mass is 9.99. The Morgan fingerprint density at radius 2 is 2.19 bits per heavy atom. The summed E-state index contributed by atoms with van der Waals surface area (Å²) in [7, 11) is 0. The van der Waals surface area contributed by atoms with Crippen LogP contribution in [0.25, 0.3) is 0 Å². The fourth-order valence-corrected chi connectivity index (χ4v) is 4.67. The number of hydrogen-bond donors (Lipinski definition) is 1. The van der Waals surface area contributed by atoms with Gasteiger partial charge in [-0.2, -0.15) is 0 Å². The average molecular weight is 306 g/mol. The monoisotopic (exact) mass is 306 g/mol. The maximum atomic E-state index is 12.8. The van der Waals surface area contributed by atoms with E-state index >= 15 is 0 Å². The summed E-state index contributed by atoms with van der Waals surface area (Å²) in [5, 5.41) is 3.55. The molecule has 0 bridgehead atoms. The van der Waals surface area contributed by atoms with E-state index in [4.69, 9.17) is 0 Å². The van der Waals surface area contributed by atoms with Crippen LogP contribution in [0.3, 0.4) is 0 Å². The van der Waals surface area contributed by atoms with Crippen LogP contribution in [-0.2, 0) is 12.8 Å². The highest BCUT2D eigenvalue weighted by Gasteiger charge is 2.23. The van der Waals surface area contributed by atoms with Gasteiger partial charge in [0.05, 0.1) is 4.88 Å². The summed E-state index contributed by atoms with van der Waals surface area (Å²) in [6, 6.07) is 2.65. The molecule has 1 saturated heterocycles. The molecule has 1 amide bonds. The molecule has 3 nitrogen and oxygen atoms in total. The molecule has 2 heterocycles. The van der Waals surface area contributed by atoms with Crippen molar-refractivity contribution in [1.29, 1.82) is 0 Å². The first kappa shape index (κ1) is 15.0. The second kappa shape index (κ2) is 6.93. The van der Waals surface area contributed by atoms with Gasteiger partial charge < -0.3 is 10.2 Å². The number of hydrogen-bond acceptors (Lipinski definition) is 3. The molecule has 0 spiro atoms. The molecule has 21 heavy (non-hydrogen) atoms. The van der Waals surface area contributed by atoms with E-state index in [0.29, 0.717) is 6.04 Å². The van der Waals surface area contributed by atoms with Crippen LogP contribution >= 0.6 is 11.3 Å². The van der Waals surface area contributed by atoms with Gasteiger partial charge in [0.2, 0.25) is 0 Å². The maximum absolute atomic E-state index is 12.8. The van der Waals surface area contributed by atoms with Gasteiger partial charge in [0, 0.05) is 24.0 Å². The average Bonchev–Trinajstić information content (AvgIpc) is 2.97. The topological polar surface area (TPSA) is 32.3 Å². The third-order valence-electron chi connectivity index (χ3n) is 4.73. The quantitative estimate of drug-likeness (QED) is 0.926. The molecule has 2 aliphatic rings. The smallest absolute Gasteiger partial charge is 0.263 e. The number of likely N-dealkylation sites (N-methyl/N-ethyl adjacent to an activating group) is 1. The Morgan fingerprint density at radius 1 is 1.33 bits per heavy atom. The number of nitrogens with one attached hydrogen (secondary N) is 1. The van der Waals surface area contributed by atoms with Crippen molar-refractivity contribution in [2.75, 3.05) is 19.6 Å². The van der Waals surface area contributed by atoms with Gasteiger partial charge in [0.25, 0.3) is 5.91 Å². The number of fused-ring (bicyclic) bond motifs is 1. The number of aryl methyl sites for hydroxylation is 2. The van der Waals surface area contributed by atoms with Crippen molar-refractivity contribution in [3.63, 3.8) is 0 Å². The number of amides is 1. The first-order valence-electron chi connectivity index (χ1n) is 8.42. The first-order chi connectivity index (χ1) is 10.3. The highest BCUT2D eigenvalue weighted by atomic mass is 32.1. The minimum atomic E-state index is 0.240. The predicted molar refractivity (Wildman–Crippen MR) is 88.2 cm³/mol. The third-order valence-corrected chi connectivity index (χ3v) is 5.95. The summed E-state index contributed by atoms with van der Waals surface area (Å²) in [4.78, 5) is 17.2. The van der Waals surface area contributed by atoms with Crippen molar-refractivity contribution < 1.29 is 4.79 Å². The van der Waals surface area contributed by atoms with Crippen LogP contribution in [-0.4, -0.2) is 36.5 Å². The SMILES string of the molecule is CCN(CC1CCCCN1)C(=O)c1cc2c(s1)CCCC2. The highest BCUT2D eigenvalue weighted by Crippen LogP contribution is 2.30. The molecule has 1 fully saturated rings. The van der Waals surface area contributed by atoms with E-state index in [0.717, 1.165) is 30.9 Å². The van der Waals surface area contributed by atoms with E-state index < -0.39 is 0 Å². The van der Waals surface area contributed by atoms with Gasteiger partial charge in [0.1, 0.15) is 0 Å². The van der Waals surface area contributed by atoms with Crippen molar-refractivity contribution >= 4 is 17.2 Å². The van der Waals surface area contributed by atoms with Gasteiger partial charge in [0.15, 0.2) is 0 Å². The van der Waals surface area contributed by atoms with Gasteiger partial charge in [-0.05, 0) is 63.6 Å². The van der Waals surface area contributed by atoms with Crippen molar-refractivity contribution in [2.45, 2.75) is 57.9 Å². The van der Waals surface area contributed by atoms with E-state index in [9.17, 15) is 4.79 Å². The van der Waals surface area contributed by atoms with Crippen LogP contribution in [0.1, 0.15) is 59.1 Å². The molecule has 1 atom stereocenters. The number of thiophene rings is 1. The number of carbonyl (C=O) groups excluding carboxylic acids is 1. The molecule has 1 N–H and O–H groups in total. The van der Waals surface area contributed by atoms with E-state index in [-0.39, 0.29) is 5.91 Å². The molecular weight excluding hydrogens is 280 g/mol. The summed E-state index contributed by atoms with van der Waals surface area (Å²) in [6.45, 7) is 4.86. The molecule has 1 aliphatic heterocycles. The normalized spacial score (nSPS) is 21.9. The Labute approximate surface area is 131 Å². The zero-order chi connectivity index (χ0) is 14.7. The molecule has 1 aliphatic carbocycles. The van der Waals surface area contributed by atoms with E-state index in [1.54, 1.807) is 11.3 Å². The van der Waals surface area contributed by atoms with Gasteiger partial charge in [-0.1, -0.05) is 6.42 Å². The minimum Gasteiger partial charge on any atom is -0.337 e. The number of piperidine rings is 1. The zero-order valence-electron chi connectivity index (χ0n) is 13.0. The lowest BCUT2D eigenvalue weighted by Gasteiger charge is -2.29. The van der Waals surface area contributed by atoms with Crippen LogP contribution in [0.5, 0.6) is 0 Å². The Hall–Kier alpha value is -0.870. The number of carbonyl (C=O) groups is 1. The van der Waals surface area contributed by atoms with Crippen LogP contribution in [0, 0.1) is 0 Å². The molecule has 1 aromatic heterocycles. The van der Waals surface area contributed by atoms with Gasteiger partial charge in [-0.25, -0.2) is 0 Å². The Balaban J connectivity index is 1.67. The van der Waals surface area contributed by atoms with Crippen LogP contribution in [0.4, 0.5) is 0 Å². The van der Waals surface area contributed by atoms with Crippen LogP contribution in [0.15, 0.2) is 6.07 Å². The lowest BCUT2D eigenvalue weighted by molar-refractivity contribution is 0.0746. The van der Waals surface area contributed by atoms with Gasteiger partial charge in [-0.3, -0.25) is 4.79 Å². The second-order valence-electron chi connectivity index (χ2n) is 6.26. The van der Waals surface area contributed by atoms with E-state index in [2.05, 4.69) is 18.3 Å². The fourth-order valence-electron chi connectivity index (χ4n) is 3.45. The minimum absolute atomic E-state index is 0.240. The largest absolute Gasteiger partial charge is 0.337 e. The molecule has 1 unspecified atom stereocenters. The molecule has 4 heteroatoms. The molecule has 3 rings (SSSR count). The summed E-state index contributed by atoms with van der Waals surface area (Å²) >= 11 is 1.74. The van der Waals surface area contributed by atoms with Crippen LogP contribution in [0.2, 0.25) is 0 Å². The standard InChI is InChI=1S/C17H26N2OS/c1-2-19(12-14-8-5-6-10-18-14)17(20)16-11-13-7-3-4-9-15(13)21-16/h11,14,18H,2-10,12H2,1H3. The summed E-state index contributed by atoms with van der Waals surface area (Å²) in [5.41, 5.74) is 1.43. The molecule has 116 valence electrons. The van der Waals surface area contributed by atoms with Gasteiger partial charge in [-0.15, -0.1) is 11.3 Å². The summed E-state index contributed by atoms with van der Waals surface area (Å²) < 4.78 is 0. The molecule has 1 aromatic rings. The van der Waals surface area contributed by atoms with Crippen molar-refractivity contribution in [1.82, 2.24) is 10.2 Å². The second-order valence-corrected chi connectivity index (χ2v) is 7.39.